The third-order valence-electron chi connectivity index (χ3n) is 5.34. The lowest BCUT2D eigenvalue weighted by atomic mass is 9.71. The average Bonchev–Trinajstić information content (AvgIpc) is 3.30. The number of pyridine rings is 1. The van der Waals surface area contributed by atoms with Crippen LogP contribution in [0.25, 0.3) is 0 Å². The summed E-state index contributed by atoms with van der Waals surface area (Å²) in [5, 5.41) is 8.89. The van der Waals surface area contributed by atoms with E-state index in [2.05, 4.69) is 4.98 Å². The highest BCUT2D eigenvalue weighted by Gasteiger charge is 2.53. The zero-order valence-electron chi connectivity index (χ0n) is 16.7. The van der Waals surface area contributed by atoms with Gasteiger partial charge in [-0.2, -0.15) is 17.5 Å². The molecule has 2 aliphatic rings. The number of hydrogen-bond donors (Lipinski definition) is 1. The fraction of sp³-hybridized carbons (Fsp3) is 0.421. The molecule has 2 aromatic heterocycles. The lowest BCUT2D eigenvalue weighted by Gasteiger charge is -2.52. The molecule has 1 amide bonds. The van der Waals surface area contributed by atoms with Crippen molar-refractivity contribution in [3.8, 4) is 0 Å². The van der Waals surface area contributed by atoms with Gasteiger partial charge in [0.1, 0.15) is 4.21 Å². The van der Waals surface area contributed by atoms with Crippen LogP contribution in [0.4, 0.5) is 13.2 Å². The summed E-state index contributed by atoms with van der Waals surface area (Å²) in [7, 11) is -3.41. The Kier molecular flexibility index (Phi) is 6.91. The molecule has 2 aliphatic heterocycles. The predicted molar refractivity (Wildman–Crippen MR) is 108 cm³/mol. The number of thiophene rings is 1. The van der Waals surface area contributed by atoms with Gasteiger partial charge in [0.15, 0.2) is 0 Å². The number of aromatic nitrogens is 1. The fourth-order valence-electron chi connectivity index (χ4n) is 3.65. The standard InChI is InChI=1S/C17H19N3O3S2.C2HF3O2/c21-16-17(13-19(16)12-14-3-1-7-18-11-14)5-8-20(9-6-17)25(22,23)15-4-2-10-24-15;3-2(4,5)1(6)7/h1-4,7,10-11H,5-6,8-9,12-13H2;(H,6,7). The summed E-state index contributed by atoms with van der Waals surface area (Å²) in [5.41, 5.74) is 0.646. The van der Waals surface area contributed by atoms with E-state index in [0.717, 1.165) is 5.56 Å². The molecule has 2 fully saturated rings. The molecule has 2 saturated heterocycles. The van der Waals surface area contributed by atoms with Gasteiger partial charge in [0.25, 0.3) is 10.0 Å². The quantitative estimate of drug-likeness (QED) is 0.659. The van der Waals surface area contributed by atoms with Crippen molar-refractivity contribution < 1.29 is 36.3 Å². The van der Waals surface area contributed by atoms with E-state index < -0.39 is 22.2 Å². The lowest BCUT2D eigenvalue weighted by Crippen LogP contribution is -2.64. The number of β-lactam (4-membered cyclic amide) rings is 1. The smallest absolute Gasteiger partial charge is 0.475 e. The summed E-state index contributed by atoms with van der Waals surface area (Å²) in [6.07, 6.45) is -0.402. The molecule has 4 heterocycles. The normalized spacial score (nSPS) is 18.6. The lowest BCUT2D eigenvalue weighted by molar-refractivity contribution is -0.192. The molecule has 0 bridgehead atoms. The van der Waals surface area contributed by atoms with Gasteiger partial charge in [0.2, 0.25) is 5.91 Å². The van der Waals surface area contributed by atoms with E-state index in [9.17, 15) is 26.4 Å². The fourth-order valence-corrected chi connectivity index (χ4v) is 6.24. The molecule has 4 rings (SSSR count). The van der Waals surface area contributed by atoms with Gasteiger partial charge in [-0.1, -0.05) is 12.1 Å². The number of sulfonamides is 1. The van der Waals surface area contributed by atoms with E-state index in [1.807, 2.05) is 17.0 Å². The van der Waals surface area contributed by atoms with E-state index in [-0.39, 0.29) is 11.3 Å². The van der Waals surface area contributed by atoms with Crippen LogP contribution < -0.4 is 0 Å². The van der Waals surface area contributed by atoms with Gasteiger partial charge in [0.05, 0.1) is 5.41 Å². The van der Waals surface area contributed by atoms with Crippen LogP contribution in [0.3, 0.4) is 0 Å². The van der Waals surface area contributed by atoms with Crippen molar-refractivity contribution >= 4 is 33.2 Å². The third-order valence-corrected chi connectivity index (χ3v) is 8.61. The maximum Gasteiger partial charge on any atom is 0.490 e. The number of piperidine rings is 1. The number of carboxylic acids is 1. The van der Waals surface area contributed by atoms with Crippen molar-refractivity contribution in [2.24, 2.45) is 5.41 Å². The first kappa shape index (κ1) is 24.1. The Morgan fingerprint density at radius 1 is 1.22 bits per heavy atom. The molecule has 2 aromatic rings. The van der Waals surface area contributed by atoms with Crippen molar-refractivity contribution in [3.63, 3.8) is 0 Å². The third kappa shape index (κ3) is 5.10. The zero-order valence-corrected chi connectivity index (χ0v) is 18.3. The first-order chi connectivity index (χ1) is 15.0. The number of carboxylic acid groups (broad SMARTS) is 1. The summed E-state index contributed by atoms with van der Waals surface area (Å²) in [5.74, 6) is -2.61. The molecule has 0 radical (unpaired) electrons. The van der Waals surface area contributed by atoms with Gasteiger partial charge in [-0.15, -0.1) is 11.3 Å². The molecule has 1 N–H and O–H groups in total. The second-order valence-electron chi connectivity index (χ2n) is 7.44. The molecule has 0 aliphatic carbocycles. The minimum Gasteiger partial charge on any atom is -0.475 e. The Labute approximate surface area is 186 Å². The van der Waals surface area contributed by atoms with Crippen LogP contribution in [-0.2, 0) is 26.2 Å². The van der Waals surface area contributed by atoms with Crippen LogP contribution in [0.1, 0.15) is 18.4 Å². The van der Waals surface area contributed by atoms with Crippen LogP contribution in [-0.4, -0.2) is 65.4 Å². The van der Waals surface area contributed by atoms with Crippen LogP contribution in [0.2, 0.25) is 0 Å². The first-order valence-corrected chi connectivity index (χ1v) is 11.8. The van der Waals surface area contributed by atoms with Crippen LogP contribution in [0.15, 0.2) is 46.2 Å². The molecule has 174 valence electrons. The zero-order chi connectivity index (χ0) is 23.6. The second kappa shape index (κ2) is 9.16. The van der Waals surface area contributed by atoms with E-state index >= 15 is 0 Å². The Morgan fingerprint density at radius 2 is 1.88 bits per heavy atom. The number of amides is 1. The van der Waals surface area contributed by atoms with Gasteiger partial charge in [-0.25, -0.2) is 13.2 Å². The number of nitrogens with zero attached hydrogens (tertiary/aromatic N) is 3. The van der Waals surface area contributed by atoms with E-state index in [4.69, 9.17) is 9.90 Å². The Morgan fingerprint density at radius 3 is 2.34 bits per heavy atom. The van der Waals surface area contributed by atoms with E-state index in [1.165, 1.54) is 15.6 Å². The van der Waals surface area contributed by atoms with Crippen molar-refractivity contribution in [2.75, 3.05) is 19.6 Å². The highest BCUT2D eigenvalue weighted by molar-refractivity contribution is 7.91. The minimum atomic E-state index is -5.08. The van der Waals surface area contributed by atoms with Crippen LogP contribution in [0, 0.1) is 5.41 Å². The second-order valence-corrected chi connectivity index (χ2v) is 10.6. The summed E-state index contributed by atoms with van der Waals surface area (Å²) in [6.45, 7) is 2.10. The molecule has 0 atom stereocenters. The highest BCUT2D eigenvalue weighted by atomic mass is 32.2. The van der Waals surface area contributed by atoms with Crippen LogP contribution >= 0.6 is 11.3 Å². The predicted octanol–water partition coefficient (Wildman–Crippen LogP) is 2.59. The number of halogens is 3. The molecular formula is C19H20F3N3O5S2. The Balaban J connectivity index is 0.000000360. The topological polar surface area (TPSA) is 108 Å². The van der Waals surface area contributed by atoms with Gasteiger partial charge >= 0.3 is 12.1 Å². The molecular weight excluding hydrogens is 471 g/mol. The van der Waals surface area contributed by atoms with E-state index in [1.54, 1.807) is 29.9 Å². The molecule has 0 aromatic carbocycles. The van der Waals surface area contributed by atoms with Crippen molar-refractivity contribution in [3.05, 3.63) is 47.6 Å². The number of aliphatic carboxylic acids is 1. The van der Waals surface area contributed by atoms with Crippen molar-refractivity contribution in [2.45, 2.75) is 29.8 Å². The molecule has 0 saturated carbocycles. The van der Waals surface area contributed by atoms with Gasteiger partial charge in [-0.05, 0) is 35.9 Å². The van der Waals surface area contributed by atoms with E-state index in [0.29, 0.717) is 43.2 Å². The molecule has 0 unspecified atom stereocenters. The Bertz CT molecular complexity index is 1050. The van der Waals surface area contributed by atoms with Gasteiger partial charge < -0.3 is 10.0 Å². The molecule has 8 nitrogen and oxygen atoms in total. The van der Waals surface area contributed by atoms with Crippen molar-refractivity contribution in [1.82, 2.24) is 14.2 Å². The summed E-state index contributed by atoms with van der Waals surface area (Å²) >= 11 is 1.23. The number of carbonyl (C=O) groups excluding carboxylic acids is 1. The largest absolute Gasteiger partial charge is 0.490 e. The monoisotopic (exact) mass is 491 g/mol. The number of hydrogen-bond acceptors (Lipinski definition) is 6. The number of carbonyl (C=O) groups is 2. The van der Waals surface area contributed by atoms with Gasteiger partial charge in [0, 0.05) is 38.6 Å². The average molecular weight is 492 g/mol. The molecule has 32 heavy (non-hydrogen) atoms. The van der Waals surface area contributed by atoms with Gasteiger partial charge in [-0.3, -0.25) is 9.78 Å². The number of likely N-dealkylation sites (tertiary alicyclic amines) is 1. The summed E-state index contributed by atoms with van der Waals surface area (Å²) in [4.78, 5) is 27.5. The minimum absolute atomic E-state index is 0.143. The Hall–Kier alpha value is -2.51. The van der Waals surface area contributed by atoms with Crippen molar-refractivity contribution in [1.29, 1.82) is 0 Å². The number of rotatable bonds is 4. The van der Waals surface area contributed by atoms with Crippen LogP contribution in [0.5, 0.6) is 0 Å². The maximum atomic E-state index is 12.7. The number of alkyl halides is 3. The molecule has 1 spiro atoms. The summed E-state index contributed by atoms with van der Waals surface area (Å²) in [6, 6.07) is 7.20. The molecule has 13 heteroatoms. The highest BCUT2D eigenvalue weighted by Crippen LogP contribution is 2.43. The SMILES string of the molecule is O=C(O)C(F)(F)F.O=C1N(Cc2cccnc2)CC12CCN(S(=O)(=O)c1cccs1)CC2. The maximum absolute atomic E-state index is 12.7. The first-order valence-electron chi connectivity index (χ1n) is 9.48. The summed E-state index contributed by atoms with van der Waals surface area (Å²) < 4.78 is 58.8.